The largest absolute Gasteiger partial charge is 0.484 e. The summed E-state index contributed by atoms with van der Waals surface area (Å²) in [5.41, 5.74) is 0.963. The molecule has 21 heavy (non-hydrogen) atoms. The summed E-state index contributed by atoms with van der Waals surface area (Å²) in [6, 6.07) is 14.9. The molecule has 0 spiro atoms. The third kappa shape index (κ3) is 5.21. The van der Waals surface area contributed by atoms with Crippen LogP contribution in [0.4, 0.5) is 0 Å². The summed E-state index contributed by atoms with van der Waals surface area (Å²) in [5.74, 6) is 0.522. The van der Waals surface area contributed by atoms with E-state index in [1.807, 2.05) is 49.4 Å². The SMILES string of the molecule is CC(NC(=O)COc1cccc(I)c1)c1cccc(Cl)c1. The van der Waals surface area contributed by atoms with Gasteiger partial charge in [-0.3, -0.25) is 4.79 Å². The average Bonchev–Trinajstić information content (AvgIpc) is 2.45. The predicted octanol–water partition coefficient (Wildman–Crippen LogP) is 4.20. The molecular formula is C16H15ClINO2. The van der Waals surface area contributed by atoms with E-state index in [0.717, 1.165) is 9.13 Å². The number of ether oxygens (including phenoxy) is 1. The van der Waals surface area contributed by atoms with Gasteiger partial charge in [0.15, 0.2) is 6.61 Å². The molecule has 0 heterocycles. The number of amides is 1. The van der Waals surface area contributed by atoms with Crippen LogP contribution in [-0.4, -0.2) is 12.5 Å². The molecule has 3 nitrogen and oxygen atoms in total. The highest BCUT2D eigenvalue weighted by Crippen LogP contribution is 2.17. The first-order valence-corrected chi connectivity index (χ1v) is 7.93. The standard InChI is InChI=1S/C16H15ClINO2/c1-11(12-4-2-5-13(17)8-12)19-16(20)10-21-15-7-3-6-14(18)9-15/h2-9,11H,10H2,1H3,(H,19,20). The maximum absolute atomic E-state index is 11.9. The van der Waals surface area contributed by atoms with Crippen LogP contribution in [0.2, 0.25) is 5.02 Å². The summed E-state index contributed by atoms with van der Waals surface area (Å²) in [6.07, 6.45) is 0. The Kier molecular flexibility index (Phi) is 5.87. The Labute approximate surface area is 142 Å². The highest BCUT2D eigenvalue weighted by molar-refractivity contribution is 14.1. The van der Waals surface area contributed by atoms with E-state index in [1.54, 1.807) is 6.07 Å². The van der Waals surface area contributed by atoms with Crippen LogP contribution in [0.25, 0.3) is 0 Å². The quantitative estimate of drug-likeness (QED) is 0.743. The van der Waals surface area contributed by atoms with Gasteiger partial charge in [-0.15, -0.1) is 0 Å². The first-order valence-electron chi connectivity index (χ1n) is 6.48. The van der Waals surface area contributed by atoms with Gasteiger partial charge < -0.3 is 10.1 Å². The van der Waals surface area contributed by atoms with E-state index in [0.29, 0.717) is 10.8 Å². The lowest BCUT2D eigenvalue weighted by Gasteiger charge is -2.15. The van der Waals surface area contributed by atoms with Gasteiger partial charge in [0.05, 0.1) is 6.04 Å². The number of hydrogen-bond acceptors (Lipinski definition) is 2. The van der Waals surface area contributed by atoms with Crippen molar-refractivity contribution in [1.82, 2.24) is 5.32 Å². The van der Waals surface area contributed by atoms with Crippen LogP contribution in [-0.2, 0) is 4.79 Å². The highest BCUT2D eigenvalue weighted by atomic mass is 127. The molecule has 2 rings (SSSR count). The molecule has 0 fully saturated rings. The molecular weight excluding hydrogens is 401 g/mol. The summed E-state index contributed by atoms with van der Waals surface area (Å²) < 4.78 is 6.53. The van der Waals surface area contributed by atoms with Crippen molar-refractivity contribution in [3.8, 4) is 5.75 Å². The van der Waals surface area contributed by atoms with Crippen molar-refractivity contribution in [2.75, 3.05) is 6.61 Å². The number of halogens is 2. The number of carbonyl (C=O) groups excluding carboxylic acids is 1. The van der Waals surface area contributed by atoms with E-state index >= 15 is 0 Å². The van der Waals surface area contributed by atoms with Crippen LogP contribution in [0.5, 0.6) is 5.75 Å². The molecule has 0 aromatic heterocycles. The number of nitrogens with one attached hydrogen (secondary N) is 1. The van der Waals surface area contributed by atoms with Gasteiger partial charge in [0.2, 0.25) is 0 Å². The number of benzene rings is 2. The van der Waals surface area contributed by atoms with E-state index in [2.05, 4.69) is 27.9 Å². The fourth-order valence-electron chi connectivity index (χ4n) is 1.85. The Morgan fingerprint density at radius 2 is 2.05 bits per heavy atom. The van der Waals surface area contributed by atoms with Gasteiger partial charge in [-0.05, 0) is 65.4 Å². The van der Waals surface area contributed by atoms with Gasteiger partial charge in [0.1, 0.15) is 5.75 Å². The van der Waals surface area contributed by atoms with E-state index in [9.17, 15) is 4.79 Å². The second-order valence-corrected chi connectivity index (χ2v) is 6.27. The van der Waals surface area contributed by atoms with Gasteiger partial charge in [-0.1, -0.05) is 29.8 Å². The molecule has 0 saturated heterocycles. The highest BCUT2D eigenvalue weighted by Gasteiger charge is 2.10. The van der Waals surface area contributed by atoms with Crippen LogP contribution in [0.15, 0.2) is 48.5 Å². The Morgan fingerprint density at radius 3 is 2.76 bits per heavy atom. The van der Waals surface area contributed by atoms with Crippen molar-refractivity contribution < 1.29 is 9.53 Å². The lowest BCUT2D eigenvalue weighted by Crippen LogP contribution is -2.31. The fraction of sp³-hybridized carbons (Fsp3) is 0.188. The molecule has 0 bridgehead atoms. The molecule has 1 amide bonds. The first-order chi connectivity index (χ1) is 10.0. The molecule has 0 aliphatic heterocycles. The predicted molar refractivity (Wildman–Crippen MR) is 92.7 cm³/mol. The van der Waals surface area contributed by atoms with Crippen molar-refractivity contribution in [3.63, 3.8) is 0 Å². The maximum Gasteiger partial charge on any atom is 0.258 e. The lowest BCUT2D eigenvalue weighted by atomic mass is 10.1. The lowest BCUT2D eigenvalue weighted by molar-refractivity contribution is -0.123. The van der Waals surface area contributed by atoms with Crippen molar-refractivity contribution in [3.05, 3.63) is 62.7 Å². The van der Waals surface area contributed by atoms with Crippen LogP contribution in [0.3, 0.4) is 0 Å². The summed E-state index contributed by atoms with van der Waals surface area (Å²) in [6.45, 7) is 1.90. The molecule has 110 valence electrons. The van der Waals surface area contributed by atoms with E-state index in [1.165, 1.54) is 0 Å². The number of hydrogen-bond donors (Lipinski definition) is 1. The third-order valence-electron chi connectivity index (χ3n) is 2.89. The monoisotopic (exact) mass is 415 g/mol. The Morgan fingerprint density at radius 1 is 1.29 bits per heavy atom. The minimum Gasteiger partial charge on any atom is -0.484 e. The van der Waals surface area contributed by atoms with Crippen LogP contribution < -0.4 is 10.1 Å². The zero-order valence-corrected chi connectivity index (χ0v) is 14.4. The zero-order valence-electron chi connectivity index (χ0n) is 11.5. The molecule has 0 aliphatic carbocycles. The fourth-order valence-corrected chi connectivity index (χ4v) is 2.56. The summed E-state index contributed by atoms with van der Waals surface area (Å²) in [7, 11) is 0. The van der Waals surface area contributed by atoms with Gasteiger partial charge in [-0.2, -0.15) is 0 Å². The molecule has 1 N–H and O–H groups in total. The second kappa shape index (κ2) is 7.66. The first kappa shape index (κ1) is 16.1. The summed E-state index contributed by atoms with van der Waals surface area (Å²) in [5, 5.41) is 3.54. The van der Waals surface area contributed by atoms with Gasteiger partial charge in [-0.25, -0.2) is 0 Å². The van der Waals surface area contributed by atoms with Gasteiger partial charge in [0.25, 0.3) is 5.91 Å². The number of rotatable bonds is 5. The third-order valence-corrected chi connectivity index (χ3v) is 3.80. The minimum atomic E-state index is -0.165. The zero-order chi connectivity index (χ0) is 15.2. The second-order valence-electron chi connectivity index (χ2n) is 4.59. The summed E-state index contributed by atoms with van der Waals surface area (Å²) in [4.78, 5) is 11.9. The smallest absolute Gasteiger partial charge is 0.258 e. The van der Waals surface area contributed by atoms with Gasteiger partial charge in [0, 0.05) is 8.59 Å². The molecule has 1 unspecified atom stereocenters. The van der Waals surface area contributed by atoms with Crippen LogP contribution in [0, 0.1) is 3.57 Å². The molecule has 1 atom stereocenters. The van der Waals surface area contributed by atoms with E-state index in [4.69, 9.17) is 16.3 Å². The Hall–Kier alpha value is -1.27. The summed E-state index contributed by atoms with van der Waals surface area (Å²) >= 11 is 8.14. The van der Waals surface area contributed by atoms with Crippen molar-refractivity contribution in [2.45, 2.75) is 13.0 Å². The Bertz CT molecular complexity index is 633. The van der Waals surface area contributed by atoms with E-state index < -0.39 is 0 Å². The van der Waals surface area contributed by atoms with Gasteiger partial charge >= 0.3 is 0 Å². The molecule has 0 saturated carbocycles. The van der Waals surface area contributed by atoms with Crippen molar-refractivity contribution >= 4 is 40.1 Å². The maximum atomic E-state index is 11.9. The molecule has 2 aromatic carbocycles. The van der Waals surface area contributed by atoms with Crippen molar-refractivity contribution in [1.29, 1.82) is 0 Å². The minimum absolute atomic E-state index is 0.00893. The molecule has 2 aromatic rings. The topological polar surface area (TPSA) is 38.3 Å². The average molecular weight is 416 g/mol. The van der Waals surface area contributed by atoms with E-state index in [-0.39, 0.29) is 18.6 Å². The Balaban J connectivity index is 1.87. The molecule has 5 heteroatoms. The van der Waals surface area contributed by atoms with Crippen molar-refractivity contribution in [2.24, 2.45) is 0 Å². The van der Waals surface area contributed by atoms with Crippen LogP contribution >= 0.6 is 34.2 Å². The normalized spacial score (nSPS) is 11.8. The van der Waals surface area contributed by atoms with Crippen LogP contribution in [0.1, 0.15) is 18.5 Å². The molecule has 0 aliphatic rings. The number of carbonyl (C=O) groups is 1. The molecule has 0 radical (unpaired) electrons.